The molecule has 1 aliphatic carbocycles. The maximum Gasteiger partial charge on any atom is 0.269 e. The van der Waals surface area contributed by atoms with Gasteiger partial charge in [0.05, 0.1) is 10.5 Å². The first-order valence-electron chi connectivity index (χ1n) is 9.56. The van der Waals surface area contributed by atoms with Crippen molar-refractivity contribution in [2.75, 3.05) is 5.32 Å². The number of nitrogens with two attached hydrogens (primary N) is 1. The number of amides is 2. The fourth-order valence-electron chi connectivity index (χ4n) is 3.69. The van der Waals surface area contributed by atoms with Gasteiger partial charge in [-0.25, -0.2) is 0 Å². The Bertz CT molecular complexity index is 963. The van der Waals surface area contributed by atoms with Gasteiger partial charge in [0.25, 0.3) is 11.6 Å². The monoisotopic (exact) mass is 413 g/mol. The van der Waals surface area contributed by atoms with Crippen molar-refractivity contribution in [3.05, 3.63) is 62.0 Å². The van der Waals surface area contributed by atoms with Crippen molar-refractivity contribution in [1.29, 1.82) is 0 Å². The van der Waals surface area contributed by atoms with Crippen LogP contribution in [-0.4, -0.2) is 16.7 Å². The van der Waals surface area contributed by atoms with Crippen LogP contribution in [0.25, 0.3) is 6.08 Å². The number of carbonyl (C=O) groups is 2. The van der Waals surface area contributed by atoms with E-state index < -0.39 is 10.8 Å². The fraction of sp³-hybridized carbons (Fsp3) is 0.333. The highest BCUT2D eigenvalue weighted by molar-refractivity contribution is 7.17. The van der Waals surface area contributed by atoms with Crippen molar-refractivity contribution in [2.24, 2.45) is 11.7 Å². The van der Waals surface area contributed by atoms with E-state index in [1.54, 1.807) is 18.2 Å². The molecule has 1 atom stereocenters. The van der Waals surface area contributed by atoms with Gasteiger partial charge in [-0.15, -0.1) is 11.3 Å². The number of primary amides is 1. The number of anilines is 1. The average Bonchev–Trinajstić information content (AvgIpc) is 3.04. The molecular weight excluding hydrogens is 390 g/mol. The topological polar surface area (TPSA) is 115 Å². The molecule has 7 nitrogen and oxygen atoms in total. The molecule has 3 rings (SSSR count). The lowest BCUT2D eigenvalue weighted by molar-refractivity contribution is -0.384. The van der Waals surface area contributed by atoms with Crippen LogP contribution in [0.2, 0.25) is 0 Å². The summed E-state index contributed by atoms with van der Waals surface area (Å²) in [5, 5.41) is 14.0. The molecule has 0 radical (unpaired) electrons. The Balaban J connectivity index is 1.74. The van der Waals surface area contributed by atoms with Crippen molar-refractivity contribution in [3.8, 4) is 0 Å². The zero-order chi connectivity index (χ0) is 21.0. The second kappa shape index (κ2) is 9.00. The lowest BCUT2D eigenvalue weighted by Gasteiger charge is -2.21. The molecule has 0 saturated carbocycles. The molecular formula is C21H23N3O4S. The minimum atomic E-state index is -0.522. The molecule has 8 heteroatoms. The highest BCUT2D eigenvalue weighted by Crippen LogP contribution is 2.40. The molecule has 1 heterocycles. The third kappa shape index (κ3) is 4.89. The Hall–Kier alpha value is -3.00. The number of fused-ring (bicyclic) bond motifs is 1. The van der Waals surface area contributed by atoms with Gasteiger partial charge in [-0.3, -0.25) is 19.7 Å². The Kier molecular flexibility index (Phi) is 6.43. The second-order valence-electron chi connectivity index (χ2n) is 7.14. The number of thiophene rings is 1. The predicted octanol–water partition coefficient (Wildman–Crippen LogP) is 4.31. The fourth-order valence-corrected chi connectivity index (χ4v) is 5.06. The molecule has 0 spiro atoms. The first-order chi connectivity index (χ1) is 13.9. The smallest absolute Gasteiger partial charge is 0.269 e. The van der Waals surface area contributed by atoms with Gasteiger partial charge in [-0.05, 0) is 54.5 Å². The summed E-state index contributed by atoms with van der Waals surface area (Å²) in [5.41, 5.74) is 7.65. The molecule has 152 valence electrons. The van der Waals surface area contributed by atoms with E-state index >= 15 is 0 Å². The van der Waals surface area contributed by atoms with Gasteiger partial charge in [0.15, 0.2) is 0 Å². The van der Waals surface area contributed by atoms with Crippen LogP contribution in [-0.2, 0) is 17.6 Å². The van der Waals surface area contributed by atoms with Crippen LogP contribution < -0.4 is 11.1 Å². The Morgan fingerprint density at radius 3 is 2.69 bits per heavy atom. The van der Waals surface area contributed by atoms with Gasteiger partial charge < -0.3 is 11.1 Å². The number of nitrogens with one attached hydrogen (secondary N) is 1. The number of carbonyl (C=O) groups excluding carboxylic acids is 2. The molecule has 0 fully saturated rings. The first kappa shape index (κ1) is 20.7. The highest BCUT2D eigenvalue weighted by atomic mass is 32.1. The van der Waals surface area contributed by atoms with E-state index in [2.05, 4.69) is 12.2 Å². The molecule has 0 saturated heterocycles. The largest absolute Gasteiger partial charge is 0.365 e. The summed E-state index contributed by atoms with van der Waals surface area (Å²) in [6, 6.07) is 5.88. The van der Waals surface area contributed by atoms with Gasteiger partial charge >= 0.3 is 0 Å². The zero-order valence-electron chi connectivity index (χ0n) is 16.1. The van der Waals surface area contributed by atoms with E-state index in [0.717, 1.165) is 42.5 Å². The molecule has 2 amide bonds. The van der Waals surface area contributed by atoms with Gasteiger partial charge in [0.1, 0.15) is 5.00 Å². The van der Waals surface area contributed by atoms with Crippen LogP contribution in [0.1, 0.15) is 52.5 Å². The number of benzene rings is 1. The van der Waals surface area contributed by atoms with Crippen LogP contribution in [0.5, 0.6) is 0 Å². The molecule has 1 aliphatic rings. The molecule has 3 N–H and O–H groups in total. The van der Waals surface area contributed by atoms with Gasteiger partial charge in [0, 0.05) is 23.1 Å². The Morgan fingerprint density at radius 2 is 2.07 bits per heavy atom. The van der Waals surface area contributed by atoms with E-state index in [-0.39, 0.29) is 11.6 Å². The number of nitro groups is 1. The Morgan fingerprint density at radius 1 is 1.34 bits per heavy atom. The van der Waals surface area contributed by atoms with Crippen LogP contribution in [0, 0.1) is 16.0 Å². The first-order valence-corrected chi connectivity index (χ1v) is 10.4. The number of hydrogen-bond acceptors (Lipinski definition) is 5. The quantitative estimate of drug-likeness (QED) is 0.400. The van der Waals surface area contributed by atoms with Gasteiger partial charge in [0.2, 0.25) is 5.91 Å². The summed E-state index contributed by atoms with van der Waals surface area (Å²) in [5.74, 6) is -0.293. The highest BCUT2D eigenvalue weighted by Gasteiger charge is 2.28. The summed E-state index contributed by atoms with van der Waals surface area (Å²) >= 11 is 1.43. The van der Waals surface area contributed by atoms with Crippen LogP contribution in [0.4, 0.5) is 10.7 Å². The Labute approximate surface area is 172 Å². The minimum Gasteiger partial charge on any atom is -0.365 e. The maximum atomic E-state index is 12.4. The van der Waals surface area contributed by atoms with Crippen molar-refractivity contribution in [3.63, 3.8) is 0 Å². The van der Waals surface area contributed by atoms with Crippen molar-refractivity contribution in [2.45, 2.75) is 39.0 Å². The van der Waals surface area contributed by atoms with E-state index in [9.17, 15) is 19.7 Å². The molecule has 29 heavy (non-hydrogen) atoms. The third-order valence-electron chi connectivity index (χ3n) is 5.08. The number of rotatable bonds is 7. The van der Waals surface area contributed by atoms with Crippen LogP contribution in [0.3, 0.4) is 0 Å². The molecule has 2 aromatic rings. The van der Waals surface area contributed by atoms with E-state index in [1.165, 1.54) is 29.5 Å². The molecule has 0 bridgehead atoms. The number of non-ortho nitro benzene ring substituents is 1. The van der Waals surface area contributed by atoms with Gasteiger partial charge in [-0.2, -0.15) is 0 Å². The number of nitro benzene ring substituents is 1. The standard InChI is InChI=1S/C21H23N3O4S/c1-2-3-14-6-10-16-17(12-14)29-21(19(16)20(22)26)23-18(25)11-7-13-4-8-15(9-5-13)24(27)28/h4-5,7-9,11,14H,2-3,6,10,12H2,1H3,(H2,22,26)(H,23,25)/b11-7+/t14-/m0/s1. The zero-order valence-corrected chi connectivity index (χ0v) is 17.0. The number of hydrogen-bond donors (Lipinski definition) is 2. The molecule has 1 aromatic carbocycles. The molecule has 0 unspecified atom stereocenters. The predicted molar refractivity (Wildman–Crippen MR) is 114 cm³/mol. The average molecular weight is 413 g/mol. The normalized spacial score (nSPS) is 15.8. The summed E-state index contributed by atoms with van der Waals surface area (Å²) in [7, 11) is 0. The van der Waals surface area contributed by atoms with Gasteiger partial charge in [-0.1, -0.05) is 19.8 Å². The van der Waals surface area contributed by atoms with E-state index in [1.807, 2.05) is 0 Å². The second-order valence-corrected chi connectivity index (χ2v) is 8.25. The minimum absolute atomic E-state index is 0.0109. The van der Waals surface area contributed by atoms with Crippen LogP contribution >= 0.6 is 11.3 Å². The molecule has 1 aromatic heterocycles. The SMILES string of the molecule is CCC[C@H]1CCc2c(sc(NC(=O)/C=C/c3ccc([N+](=O)[O-])cc3)c2C(N)=O)C1. The van der Waals surface area contributed by atoms with E-state index in [0.29, 0.717) is 22.0 Å². The lowest BCUT2D eigenvalue weighted by atomic mass is 9.84. The van der Waals surface area contributed by atoms with Crippen molar-refractivity contribution < 1.29 is 14.5 Å². The summed E-state index contributed by atoms with van der Waals surface area (Å²) < 4.78 is 0. The maximum absolute atomic E-state index is 12.4. The third-order valence-corrected chi connectivity index (χ3v) is 6.25. The van der Waals surface area contributed by atoms with Crippen molar-refractivity contribution in [1.82, 2.24) is 0 Å². The summed E-state index contributed by atoms with van der Waals surface area (Å²) in [6.45, 7) is 2.17. The molecule has 0 aliphatic heterocycles. The van der Waals surface area contributed by atoms with E-state index in [4.69, 9.17) is 5.73 Å². The van der Waals surface area contributed by atoms with Crippen LogP contribution in [0.15, 0.2) is 30.3 Å². The lowest BCUT2D eigenvalue weighted by Crippen LogP contribution is -2.19. The summed E-state index contributed by atoms with van der Waals surface area (Å²) in [6.07, 6.45) is 7.95. The number of nitrogens with zero attached hydrogens (tertiary/aromatic N) is 1. The summed E-state index contributed by atoms with van der Waals surface area (Å²) in [4.78, 5) is 35.7. The van der Waals surface area contributed by atoms with Crippen molar-refractivity contribution >= 4 is 39.9 Å².